The van der Waals surface area contributed by atoms with Crippen LogP contribution in [0.1, 0.15) is 36.4 Å². The van der Waals surface area contributed by atoms with E-state index in [2.05, 4.69) is 43.2 Å². The van der Waals surface area contributed by atoms with Gasteiger partial charge in [0.1, 0.15) is 5.75 Å². The van der Waals surface area contributed by atoms with Gasteiger partial charge in [-0.3, -0.25) is 4.79 Å². The molecule has 1 aliphatic heterocycles. The van der Waals surface area contributed by atoms with Crippen LogP contribution < -0.4 is 10.1 Å². The fourth-order valence-electron chi connectivity index (χ4n) is 3.37. The van der Waals surface area contributed by atoms with E-state index in [1.807, 2.05) is 36.4 Å². The van der Waals surface area contributed by atoms with Crippen LogP contribution in [0.5, 0.6) is 5.75 Å². The molecular formula is C19H17Br2NO2. The molecule has 0 spiro atoms. The Morgan fingerprint density at radius 2 is 1.92 bits per heavy atom. The van der Waals surface area contributed by atoms with Crippen molar-refractivity contribution in [2.75, 3.05) is 6.61 Å². The Balaban J connectivity index is 1.59. The Bertz CT molecular complexity index is 802. The van der Waals surface area contributed by atoms with E-state index in [9.17, 15) is 4.79 Å². The largest absolute Gasteiger partial charge is 0.493 e. The average molecular weight is 451 g/mol. The van der Waals surface area contributed by atoms with E-state index in [4.69, 9.17) is 4.74 Å². The van der Waals surface area contributed by atoms with Crippen molar-refractivity contribution in [3.8, 4) is 5.75 Å². The molecule has 4 rings (SSSR count). The second kappa shape index (κ2) is 6.19. The fourth-order valence-corrected chi connectivity index (χ4v) is 4.15. The van der Waals surface area contributed by atoms with Crippen molar-refractivity contribution in [1.29, 1.82) is 0 Å². The smallest absolute Gasteiger partial charge is 0.231 e. The number of rotatable bonds is 3. The van der Waals surface area contributed by atoms with Gasteiger partial charge in [-0.15, -0.1) is 0 Å². The van der Waals surface area contributed by atoms with Gasteiger partial charge >= 0.3 is 0 Å². The molecular weight excluding hydrogens is 434 g/mol. The zero-order valence-electron chi connectivity index (χ0n) is 13.0. The van der Waals surface area contributed by atoms with Crippen LogP contribution in [0, 0.1) is 0 Å². The predicted molar refractivity (Wildman–Crippen MR) is 100 cm³/mol. The number of nitrogens with one attached hydrogen (secondary N) is 1. The highest BCUT2D eigenvalue weighted by Crippen LogP contribution is 2.49. The lowest BCUT2D eigenvalue weighted by Crippen LogP contribution is -2.39. The number of halogens is 2. The van der Waals surface area contributed by atoms with Crippen LogP contribution in [0.3, 0.4) is 0 Å². The number of carbonyl (C=O) groups excluding carboxylic acids is 1. The maximum atomic E-state index is 13.0. The number of ether oxygens (including phenoxy) is 1. The molecule has 1 saturated carbocycles. The van der Waals surface area contributed by atoms with Crippen LogP contribution in [0.15, 0.2) is 51.4 Å². The normalized spacial score (nSPS) is 20.7. The van der Waals surface area contributed by atoms with Gasteiger partial charge in [-0.1, -0.05) is 44.0 Å². The Kier molecular flexibility index (Phi) is 4.17. The molecule has 1 N–H and O–H groups in total. The van der Waals surface area contributed by atoms with Gasteiger partial charge in [0.15, 0.2) is 0 Å². The maximum absolute atomic E-state index is 13.0. The zero-order valence-corrected chi connectivity index (χ0v) is 16.2. The lowest BCUT2D eigenvalue weighted by Gasteiger charge is -2.28. The molecule has 2 aromatic carbocycles. The highest BCUT2D eigenvalue weighted by atomic mass is 79.9. The van der Waals surface area contributed by atoms with Crippen LogP contribution in [0.4, 0.5) is 0 Å². The van der Waals surface area contributed by atoms with Crippen molar-refractivity contribution >= 4 is 37.8 Å². The van der Waals surface area contributed by atoms with E-state index in [-0.39, 0.29) is 17.4 Å². The first-order valence-electron chi connectivity index (χ1n) is 8.08. The van der Waals surface area contributed by atoms with E-state index in [1.54, 1.807) is 0 Å². The molecule has 0 radical (unpaired) electrons. The van der Waals surface area contributed by atoms with Crippen LogP contribution in [0.25, 0.3) is 0 Å². The number of benzene rings is 2. The van der Waals surface area contributed by atoms with Crippen molar-refractivity contribution in [1.82, 2.24) is 5.32 Å². The number of fused-ring (bicyclic) bond motifs is 1. The first kappa shape index (κ1) is 16.2. The number of carbonyl (C=O) groups is 1. The van der Waals surface area contributed by atoms with Gasteiger partial charge in [0.2, 0.25) is 5.91 Å². The second-order valence-corrected chi connectivity index (χ2v) is 8.27. The monoisotopic (exact) mass is 449 g/mol. The molecule has 2 aromatic rings. The van der Waals surface area contributed by atoms with Crippen molar-refractivity contribution in [3.63, 3.8) is 0 Å². The third-order valence-corrected chi connectivity index (χ3v) is 5.87. The van der Waals surface area contributed by atoms with Gasteiger partial charge in [0, 0.05) is 20.9 Å². The molecule has 1 atom stereocenters. The highest BCUT2D eigenvalue weighted by Gasteiger charge is 2.51. The minimum Gasteiger partial charge on any atom is -0.493 e. The van der Waals surface area contributed by atoms with Gasteiger partial charge in [-0.25, -0.2) is 0 Å². The average Bonchev–Trinajstić information content (AvgIpc) is 3.37. The Morgan fingerprint density at radius 3 is 2.67 bits per heavy atom. The summed E-state index contributed by atoms with van der Waals surface area (Å²) in [5.41, 5.74) is 1.78. The van der Waals surface area contributed by atoms with Crippen LogP contribution in [0.2, 0.25) is 0 Å². The lowest BCUT2D eigenvalue weighted by molar-refractivity contribution is -0.124. The van der Waals surface area contributed by atoms with Crippen molar-refractivity contribution < 1.29 is 9.53 Å². The van der Waals surface area contributed by atoms with Gasteiger partial charge in [-0.05, 0) is 48.7 Å². The summed E-state index contributed by atoms with van der Waals surface area (Å²) in [6.45, 7) is 0.628. The zero-order chi connectivity index (χ0) is 16.7. The van der Waals surface area contributed by atoms with Crippen LogP contribution in [-0.2, 0) is 10.2 Å². The van der Waals surface area contributed by atoms with E-state index in [0.29, 0.717) is 6.61 Å². The minimum atomic E-state index is -0.367. The summed E-state index contributed by atoms with van der Waals surface area (Å²) in [6.07, 6.45) is 2.61. The highest BCUT2D eigenvalue weighted by molar-refractivity contribution is 9.10. The molecule has 5 heteroatoms. The van der Waals surface area contributed by atoms with Crippen LogP contribution in [-0.4, -0.2) is 12.5 Å². The molecule has 0 saturated heterocycles. The van der Waals surface area contributed by atoms with E-state index in [1.165, 1.54) is 0 Å². The van der Waals surface area contributed by atoms with E-state index >= 15 is 0 Å². The van der Waals surface area contributed by atoms with Crippen LogP contribution >= 0.6 is 31.9 Å². The summed E-state index contributed by atoms with van der Waals surface area (Å²) in [5.74, 6) is 0.987. The summed E-state index contributed by atoms with van der Waals surface area (Å²) < 4.78 is 7.73. The summed E-state index contributed by atoms with van der Waals surface area (Å²) in [6, 6.07) is 14.1. The first-order valence-corrected chi connectivity index (χ1v) is 9.66. The summed E-state index contributed by atoms with van der Waals surface area (Å²) in [5, 5.41) is 3.27. The fraction of sp³-hybridized carbons (Fsp3) is 0.316. The van der Waals surface area contributed by atoms with Gasteiger partial charge in [-0.2, -0.15) is 0 Å². The number of amides is 1. The Morgan fingerprint density at radius 1 is 1.12 bits per heavy atom. The van der Waals surface area contributed by atoms with Crippen molar-refractivity contribution in [2.24, 2.45) is 0 Å². The molecule has 2 aliphatic rings. The van der Waals surface area contributed by atoms with Gasteiger partial charge in [0.25, 0.3) is 0 Å². The molecule has 1 amide bonds. The quantitative estimate of drug-likeness (QED) is 0.723. The van der Waals surface area contributed by atoms with E-state index < -0.39 is 0 Å². The molecule has 1 fully saturated rings. The topological polar surface area (TPSA) is 38.3 Å². The molecule has 1 heterocycles. The SMILES string of the molecule is O=C(NC1CCOc2ccc(Br)cc21)C1(c2cccc(Br)c2)CC1. The van der Waals surface area contributed by atoms with Crippen molar-refractivity contribution in [2.45, 2.75) is 30.7 Å². The molecule has 1 unspecified atom stereocenters. The summed E-state index contributed by atoms with van der Waals surface area (Å²) in [4.78, 5) is 13.0. The summed E-state index contributed by atoms with van der Waals surface area (Å²) in [7, 11) is 0. The van der Waals surface area contributed by atoms with Gasteiger partial charge in [0.05, 0.1) is 18.1 Å². The molecule has 24 heavy (non-hydrogen) atoms. The minimum absolute atomic E-state index is 0.00313. The molecule has 3 nitrogen and oxygen atoms in total. The van der Waals surface area contributed by atoms with E-state index in [0.717, 1.165) is 45.1 Å². The lowest BCUT2D eigenvalue weighted by atomic mass is 9.93. The number of hydrogen-bond donors (Lipinski definition) is 1. The molecule has 124 valence electrons. The maximum Gasteiger partial charge on any atom is 0.231 e. The first-order chi connectivity index (χ1) is 11.6. The molecule has 0 aromatic heterocycles. The summed E-state index contributed by atoms with van der Waals surface area (Å²) >= 11 is 7.01. The third kappa shape index (κ3) is 2.88. The molecule has 0 bridgehead atoms. The third-order valence-electron chi connectivity index (χ3n) is 4.88. The number of hydrogen-bond acceptors (Lipinski definition) is 2. The second-order valence-electron chi connectivity index (χ2n) is 6.44. The van der Waals surface area contributed by atoms with Crippen molar-refractivity contribution in [3.05, 3.63) is 62.5 Å². The predicted octanol–water partition coefficient (Wildman–Crippen LogP) is 4.88. The standard InChI is InChI=1S/C19H17Br2NO2/c20-13-3-1-2-12(10-13)19(7-8-19)18(23)22-16-6-9-24-17-5-4-14(21)11-15(16)17/h1-5,10-11,16H,6-9H2,(H,22,23). The Hall–Kier alpha value is -1.33. The Labute approximate surface area is 158 Å². The molecule has 1 aliphatic carbocycles. The van der Waals surface area contributed by atoms with Gasteiger partial charge < -0.3 is 10.1 Å².